The summed E-state index contributed by atoms with van der Waals surface area (Å²) in [7, 11) is 1.62. The fraction of sp³-hybridized carbons (Fsp3) is 0.346. The van der Waals surface area contributed by atoms with Crippen LogP contribution in [0.5, 0.6) is 5.75 Å². The molecule has 2 aromatic carbocycles. The van der Waals surface area contributed by atoms with Gasteiger partial charge in [-0.3, -0.25) is 15.6 Å². The Labute approximate surface area is 205 Å². The van der Waals surface area contributed by atoms with Crippen molar-refractivity contribution in [2.24, 2.45) is 0 Å². The number of hydrogen-bond acceptors (Lipinski definition) is 6. The largest absolute Gasteiger partial charge is 0.497 e. The standard InChI is InChI=1S/C26H33N7O2/c1-35-20-9-6-18(7-10-20)17-33(25(28)16-32-26(34)23-15-29-12-13-30-23)24(27)11-8-19-14-31-22-5-3-2-4-21(19)22/h2-7,9-10,14,23,27-31H,8,11-13,15-17H2,1H3,(H,32,34). The van der Waals surface area contributed by atoms with E-state index in [1.807, 2.05) is 48.7 Å². The highest BCUT2D eigenvalue weighted by Gasteiger charge is 2.22. The third-order valence-electron chi connectivity index (χ3n) is 6.24. The Balaban J connectivity index is 1.43. The number of para-hydroxylation sites is 1. The van der Waals surface area contributed by atoms with Crippen LogP contribution in [0, 0.1) is 10.8 Å². The number of nitrogens with one attached hydrogen (secondary N) is 6. The zero-order valence-electron chi connectivity index (χ0n) is 20.0. The molecular weight excluding hydrogens is 442 g/mol. The summed E-state index contributed by atoms with van der Waals surface area (Å²) < 4.78 is 5.25. The number of benzene rings is 2. The van der Waals surface area contributed by atoms with Crippen molar-refractivity contribution in [3.63, 3.8) is 0 Å². The van der Waals surface area contributed by atoms with E-state index in [4.69, 9.17) is 15.6 Å². The molecule has 9 heteroatoms. The maximum atomic E-state index is 12.5. The van der Waals surface area contributed by atoms with Gasteiger partial charge in [0.15, 0.2) is 0 Å². The van der Waals surface area contributed by atoms with Crippen LogP contribution in [0.25, 0.3) is 10.9 Å². The van der Waals surface area contributed by atoms with E-state index >= 15 is 0 Å². The van der Waals surface area contributed by atoms with Crippen LogP contribution in [-0.4, -0.2) is 66.8 Å². The zero-order valence-corrected chi connectivity index (χ0v) is 20.0. The van der Waals surface area contributed by atoms with Gasteiger partial charge in [-0.25, -0.2) is 0 Å². The second-order valence-electron chi connectivity index (χ2n) is 8.62. The summed E-state index contributed by atoms with van der Waals surface area (Å²) in [5.74, 6) is 1.13. The molecule has 4 rings (SSSR count). The van der Waals surface area contributed by atoms with E-state index < -0.39 is 0 Å². The van der Waals surface area contributed by atoms with E-state index in [1.165, 1.54) is 0 Å². The summed E-state index contributed by atoms with van der Waals surface area (Å²) in [6.07, 6.45) is 3.14. The first-order valence-electron chi connectivity index (χ1n) is 11.9. The minimum Gasteiger partial charge on any atom is -0.497 e. The highest BCUT2D eigenvalue weighted by Crippen LogP contribution is 2.20. The quantitative estimate of drug-likeness (QED) is 0.209. The molecule has 1 fully saturated rings. The molecule has 0 radical (unpaired) electrons. The third-order valence-corrected chi connectivity index (χ3v) is 6.24. The minimum atomic E-state index is -0.312. The van der Waals surface area contributed by atoms with Gasteiger partial charge in [0, 0.05) is 43.2 Å². The number of carbonyl (C=O) groups excluding carboxylic acids is 1. The third kappa shape index (κ3) is 6.26. The maximum Gasteiger partial charge on any atom is 0.238 e. The van der Waals surface area contributed by atoms with Crippen molar-refractivity contribution in [2.75, 3.05) is 33.3 Å². The van der Waals surface area contributed by atoms with Gasteiger partial charge in [-0.1, -0.05) is 30.3 Å². The Morgan fingerprint density at radius 3 is 2.66 bits per heavy atom. The molecule has 1 unspecified atom stereocenters. The van der Waals surface area contributed by atoms with Crippen LogP contribution < -0.4 is 20.7 Å². The average molecular weight is 476 g/mol. The topological polar surface area (TPSA) is 129 Å². The maximum absolute atomic E-state index is 12.5. The first kappa shape index (κ1) is 24.4. The van der Waals surface area contributed by atoms with Gasteiger partial charge >= 0.3 is 0 Å². The fourth-order valence-electron chi connectivity index (χ4n) is 4.22. The molecule has 1 amide bonds. The number of ether oxygens (including phenoxy) is 1. The molecule has 3 aromatic rings. The number of amides is 1. The number of aromatic amines is 1. The van der Waals surface area contributed by atoms with E-state index in [9.17, 15) is 4.79 Å². The van der Waals surface area contributed by atoms with E-state index in [0.29, 0.717) is 31.8 Å². The smallest absolute Gasteiger partial charge is 0.238 e. The first-order chi connectivity index (χ1) is 17.0. The lowest BCUT2D eigenvalue weighted by Gasteiger charge is -2.28. The van der Waals surface area contributed by atoms with E-state index in [0.717, 1.165) is 40.9 Å². The van der Waals surface area contributed by atoms with E-state index in [2.05, 4.69) is 27.0 Å². The number of rotatable bonds is 9. The molecular formula is C26H33N7O2. The van der Waals surface area contributed by atoms with Gasteiger partial charge in [0.25, 0.3) is 0 Å². The number of hydrogen-bond donors (Lipinski definition) is 6. The molecule has 1 atom stereocenters. The predicted molar refractivity (Wildman–Crippen MR) is 138 cm³/mol. The normalized spacial score (nSPS) is 15.5. The molecule has 1 aromatic heterocycles. The van der Waals surface area contributed by atoms with Crippen LogP contribution in [0.4, 0.5) is 0 Å². The molecule has 1 aliphatic heterocycles. The number of piperazine rings is 1. The van der Waals surface area contributed by atoms with Crippen LogP contribution in [0.3, 0.4) is 0 Å². The Morgan fingerprint density at radius 1 is 1.11 bits per heavy atom. The predicted octanol–water partition coefficient (Wildman–Crippen LogP) is 2.24. The molecule has 1 saturated heterocycles. The van der Waals surface area contributed by atoms with Crippen molar-refractivity contribution in [1.82, 2.24) is 25.8 Å². The summed E-state index contributed by atoms with van der Waals surface area (Å²) in [5, 5.41) is 27.9. The molecule has 0 spiro atoms. The van der Waals surface area contributed by atoms with E-state index in [-0.39, 0.29) is 24.3 Å². The van der Waals surface area contributed by atoms with Crippen molar-refractivity contribution in [3.8, 4) is 5.75 Å². The number of aryl methyl sites for hydroxylation is 1. The van der Waals surface area contributed by atoms with Crippen molar-refractivity contribution < 1.29 is 9.53 Å². The van der Waals surface area contributed by atoms with Crippen LogP contribution in [0.2, 0.25) is 0 Å². The van der Waals surface area contributed by atoms with Gasteiger partial charge in [-0.15, -0.1) is 0 Å². The van der Waals surface area contributed by atoms with Gasteiger partial charge < -0.3 is 30.6 Å². The highest BCUT2D eigenvalue weighted by molar-refractivity contribution is 6.00. The van der Waals surface area contributed by atoms with Crippen molar-refractivity contribution >= 4 is 28.5 Å². The fourth-order valence-corrected chi connectivity index (χ4v) is 4.22. The highest BCUT2D eigenvalue weighted by atomic mass is 16.5. The Kier molecular flexibility index (Phi) is 8.12. The van der Waals surface area contributed by atoms with Gasteiger partial charge in [0.2, 0.25) is 5.91 Å². The minimum absolute atomic E-state index is 0.0582. The second kappa shape index (κ2) is 11.6. The Morgan fingerprint density at radius 2 is 1.91 bits per heavy atom. The molecule has 0 saturated carbocycles. The Hall–Kier alpha value is -3.69. The lowest BCUT2D eigenvalue weighted by atomic mass is 10.1. The number of methoxy groups -OCH3 is 1. The van der Waals surface area contributed by atoms with Crippen LogP contribution >= 0.6 is 0 Å². The number of fused-ring (bicyclic) bond motifs is 1. The number of carbonyl (C=O) groups is 1. The molecule has 9 nitrogen and oxygen atoms in total. The van der Waals surface area contributed by atoms with Crippen LogP contribution in [0.15, 0.2) is 54.7 Å². The molecule has 0 aliphatic carbocycles. The van der Waals surface area contributed by atoms with Crippen LogP contribution in [0.1, 0.15) is 17.5 Å². The molecule has 6 N–H and O–H groups in total. The molecule has 35 heavy (non-hydrogen) atoms. The number of amidine groups is 2. The lowest BCUT2D eigenvalue weighted by Crippen LogP contribution is -2.56. The van der Waals surface area contributed by atoms with Crippen molar-refractivity contribution in [1.29, 1.82) is 10.8 Å². The number of aromatic nitrogens is 1. The summed E-state index contributed by atoms with van der Waals surface area (Å²) in [4.78, 5) is 17.5. The zero-order chi connectivity index (χ0) is 24.6. The summed E-state index contributed by atoms with van der Waals surface area (Å²) >= 11 is 0. The summed E-state index contributed by atoms with van der Waals surface area (Å²) in [6.45, 7) is 2.56. The Bertz CT molecular complexity index is 1170. The number of H-pyrrole nitrogens is 1. The molecule has 0 bridgehead atoms. The average Bonchev–Trinajstić information content (AvgIpc) is 3.32. The van der Waals surface area contributed by atoms with Gasteiger partial charge in [0.1, 0.15) is 17.4 Å². The second-order valence-corrected chi connectivity index (χ2v) is 8.62. The first-order valence-corrected chi connectivity index (χ1v) is 11.9. The lowest BCUT2D eigenvalue weighted by molar-refractivity contribution is -0.123. The van der Waals surface area contributed by atoms with Crippen molar-refractivity contribution in [3.05, 3.63) is 65.9 Å². The SMILES string of the molecule is COc1ccc(CN(C(=N)CCc2c[nH]c3ccccc23)C(=N)CNC(=O)C2CNCCN2)cc1. The summed E-state index contributed by atoms with van der Waals surface area (Å²) in [5.41, 5.74) is 3.17. The molecule has 184 valence electrons. The van der Waals surface area contributed by atoms with E-state index in [1.54, 1.807) is 12.0 Å². The number of nitrogens with zero attached hydrogens (tertiary/aromatic N) is 1. The van der Waals surface area contributed by atoms with Crippen LogP contribution in [-0.2, 0) is 17.8 Å². The van der Waals surface area contributed by atoms with Crippen molar-refractivity contribution in [2.45, 2.75) is 25.4 Å². The van der Waals surface area contributed by atoms with Gasteiger partial charge in [-0.2, -0.15) is 0 Å². The van der Waals surface area contributed by atoms with Gasteiger partial charge in [0.05, 0.1) is 26.2 Å². The molecule has 1 aliphatic rings. The van der Waals surface area contributed by atoms with Gasteiger partial charge in [-0.05, 0) is 35.7 Å². The monoisotopic (exact) mass is 475 g/mol. The summed E-state index contributed by atoms with van der Waals surface area (Å²) in [6, 6.07) is 15.4. The molecule has 2 heterocycles.